The molecule has 0 aliphatic rings. The van der Waals surface area contributed by atoms with Gasteiger partial charge in [-0.3, -0.25) is 4.57 Å². The highest BCUT2D eigenvalue weighted by atomic mass is 31.2. The maximum Gasteiger partial charge on any atom is 0.378 e. The van der Waals surface area contributed by atoms with Crippen LogP contribution in [-0.4, -0.2) is 41.8 Å². The number of rotatable bonds is 10. The smallest absolute Gasteiger partial charge is 0.378 e. The van der Waals surface area contributed by atoms with Gasteiger partial charge in [0.1, 0.15) is 5.75 Å². The number of carbonyl (C=O) groups is 1. The molecule has 0 fully saturated rings. The lowest BCUT2D eigenvalue weighted by molar-refractivity contribution is -0.159. The molecule has 0 amide bonds. The van der Waals surface area contributed by atoms with Gasteiger partial charge in [0.2, 0.25) is 0 Å². The molecule has 1 N–H and O–H groups in total. The van der Waals surface area contributed by atoms with Crippen LogP contribution in [0.1, 0.15) is 47.1 Å². The Balaban J connectivity index is 3.52. The highest BCUT2D eigenvalue weighted by Crippen LogP contribution is 2.61. The second-order valence-corrected chi connectivity index (χ2v) is 9.16. The first-order chi connectivity index (χ1) is 12.9. The molecular weight excluding hydrogens is 383 g/mol. The number of benzene rings is 1. The van der Waals surface area contributed by atoms with Crippen LogP contribution in [0, 0.1) is 0 Å². The van der Waals surface area contributed by atoms with E-state index in [9.17, 15) is 14.5 Å². The maximum absolute atomic E-state index is 13.6. The van der Waals surface area contributed by atoms with Crippen molar-refractivity contribution >= 4 is 19.6 Å². The van der Waals surface area contributed by atoms with Crippen molar-refractivity contribution in [2.75, 3.05) is 7.11 Å². The summed E-state index contributed by atoms with van der Waals surface area (Å²) in [6.45, 7) is 9.78. The lowest BCUT2D eigenvalue weighted by Crippen LogP contribution is -2.41. The third-order valence-corrected chi connectivity index (χ3v) is 5.96. The average Bonchev–Trinajstić information content (AvgIpc) is 2.57. The van der Waals surface area contributed by atoms with E-state index in [1.165, 1.54) is 13.2 Å². The van der Waals surface area contributed by atoms with Gasteiger partial charge in [-0.2, -0.15) is 0 Å². The van der Waals surface area contributed by atoms with Gasteiger partial charge in [-0.15, -0.1) is 0 Å². The summed E-state index contributed by atoms with van der Waals surface area (Å²) in [6, 6.07) is 6.99. The highest BCUT2D eigenvalue weighted by Gasteiger charge is 2.57. The van der Waals surface area contributed by atoms with E-state index in [1.54, 1.807) is 65.8 Å². The number of hydrogen-bond donors (Lipinski definition) is 1. The maximum atomic E-state index is 13.6. The normalized spacial score (nSPS) is 14.7. The van der Waals surface area contributed by atoms with Crippen LogP contribution in [0.15, 0.2) is 30.3 Å². The summed E-state index contributed by atoms with van der Waals surface area (Å²) in [7, 11) is -2.87. The Hall–Kier alpha value is -1.66. The van der Waals surface area contributed by atoms with Gasteiger partial charge in [0.25, 0.3) is 5.34 Å². The van der Waals surface area contributed by atoms with Gasteiger partial charge in [0.05, 0.1) is 25.4 Å². The van der Waals surface area contributed by atoms with Crippen LogP contribution in [0.5, 0.6) is 5.75 Å². The lowest BCUT2D eigenvalue weighted by Gasteiger charge is -2.33. The number of para-hydroxylation sites is 1. The molecule has 0 spiro atoms. The largest absolute Gasteiger partial charge is 0.496 e. The fourth-order valence-electron chi connectivity index (χ4n) is 2.32. The van der Waals surface area contributed by atoms with E-state index in [-0.39, 0.29) is 0 Å². The molecule has 1 unspecified atom stereocenters. The van der Waals surface area contributed by atoms with Crippen LogP contribution >= 0.6 is 7.60 Å². The molecule has 1 rings (SSSR count). The summed E-state index contributed by atoms with van der Waals surface area (Å²) in [5.74, 6) is -0.596. The van der Waals surface area contributed by atoms with Crippen molar-refractivity contribution in [2.24, 2.45) is 0 Å². The topological polar surface area (TPSA) is 91.3 Å². The van der Waals surface area contributed by atoms with Crippen LogP contribution in [-0.2, 0) is 23.1 Å². The molecule has 0 aliphatic carbocycles. The van der Waals surface area contributed by atoms with Gasteiger partial charge in [0.15, 0.2) is 0 Å². The summed E-state index contributed by atoms with van der Waals surface area (Å²) in [6.07, 6.45) is 0.845. The van der Waals surface area contributed by atoms with E-state index in [4.69, 9.17) is 18.5 Å². The molecule has 28 heavy (non-hydrogen) atoms. The van der Waals surface area contributed by atoms with Crippen LogP contribution < -0.4 is 4.74 Å². The third-order valence-electron chi connectivity index (χ3n) is 3.39. The zero-order chi connectivity index (χ0) is 21.5. The number of hydrogen-bond acceptors (Lipinski definition) is 7. The predicted octanol–water partition coefficient (Wildman–Crippen LogP) is 4.39. The number of aliphatic hydroxyl groups is 1. The van der Waals surface area contributed by atoms with Crippen molar-refractivity contribution in [3.05, 3.63) is 35.9 Å². The van der Waals surface area contributed by atoms with E-state index in [0.29, 0.717) is 11.3 Å². The summed E-state index contributed by atoms with van der Waals surface area (Å²) in [5, 5.41) is 8.62. The Bertz CT molecular complexity index is 713. The van der Waals surface area contributed by atoms with Crippen LogP contribution in [0.2, 0.25) is 0 Å². The van der Waals surface area contributed by atoms with E-state index in [2.05, 4.69) is 0 Å². The molecule has 0 aliphatic heterocycles. The van der Waals surface area contributed by atoms with E-state index < -0.39 is 37.2 Å². The van der Waals surface area contributed by atoms with E-state index >= 15 is 0 Å². The molecule has 0 saturated carbocycles. The molecule has 0 heterocycles. The monoisotopic (exact) mass is 414 g/mol. The van der Waals surface area contributed by atoms with Gasteiger partial charge in [-0.1, -0.05) is 24.3 Å². The minimum Gasteiger partial charge on any atom is -0.496 e. The average molecular weight is 414 g/mol. The van der Waals surface area contributed by atoms with Gasteiger partial charge >= 0.3 is 13.6 Å². The first kappa shape index (κ1) is 24.4. The first-order valence-electron chi connectivity index (χ1n) is 9.17. The first-order valence-corrected chi connectivity index (χ1v) is 10.7. The molecule has 0 aromatic heterocycles. The Morgan fingerprint density at radius 2 is 1.57 bits per heavy atom. The van der Waals surface area contributed by atoms with Crippen molar-refractivity contribution in [1.82, 2.24) is 0 Å². The minimum absolute atomic E-state index is 0.516. The number of carbonyl (C=O) groups excluding carboxylic acids is 1. The van der Waals surface area contributed by atoms with Crippen LogP contribution in [0.4, 0.5) is 0 Å². The summed E-state index contributed by atoms with van der Waals surface area (Å²) in [5.41, 5.74) is 0.571. The molecular formula is C20H31O7P. The molecule has 1 atom stereocenters. The van der Waals surface area contributed by atoms with E-state index in [0.717, 1.165) is 6.08 Å². The fraction of sp³-hybridized carbons (Fsp3) is 0.550. The van der Waals surface area contributed by atoms with Crippen molar-refractivity contribution in [3.63, 3.8) is 0 Å². The fourth-order valence-corrected chi connectivity index (χ4v) is 4.34. The minimum atomic E-state index is -4.37. The summed E-state index contributed by atoms with van der Waals surface area (Å²) < 4.78 is 34.9. The Labute approximate surface area is 167 Å². The Morgan fingerprint density at radius 3 is 2.04 bits per heavy atom. The van der Waals surface area contributed by atoms with Crippen molar-refractivity contribution in [1.29, 1.82) is 0 Å². The van der Waals surface area contributed by atoms with Gasteiger partial charge < -0.3 is 23.6 Å². The second-order valence-electron chi connectivity index (χ2n) is 7.06. The lowest BCUT2D eigenvalue weighted by atomic mass is 10.1. The molecule has 1 aromatic rings. The van der Waals surface area contributed by atoms with Crippen LogP contribution in [0.3, 0.4) is 0 Å². The second kappa shape index (κ2) is 10.2. The molecule has 0 saturated heterocycles. The predicted molar refractivity (Wildman–Crippen MR) is 108 cm³/mol. The van der Waals surface area contributed by atoms with Crippen molar-refractivity contribution < 1.29 is 33.0 Å². The number of ether oxygens (including phenoxy) is 2. The third kappa shape index (κ3) is 6.17. The molecule has 8 heteroatoms. The standard InChI is InChI=1S/C20H31O7P/c1-14(2)25-19(21)20(22,28(23,26-15(3)4)27-16(5)6)13-12-17-10-8-9-11-18(17)24-7/h8-16,22H,1-7H3/b13-12+. The SMILES string of the molecule is COc1ccccc1/C=C/C(O)(C(=O)OC(C)C)P(=O)(OC(C)C)OC(C)C. The summed E-state index contributed by atoms with van der Waals surface area (Å²) >= 11 is 0. The molecule has 0 bridgehead atoms. The quantitative estimate of drug-likeness (QED) is 0.448. The number of esters is 1. The zero-order valence-corrected chi connectivity index (χ0v) is 18.4. The molecule has 7 nitrogen and oxygen atoms in total. The zero-order valence-electron chi connectivity index (χ0n) is 17.5. The molecule has 158 valence electrons. The Kier molecular flexibility index (Phi) is 8.89. The summed E-state index contributed by atoms with van der Waals surface area (Å²) in [4.78, 5) is 12.8. The van der Waals surface area contributed by atoms with Crippen molar-refractivity contribution in [2.45, 2.75) is 65.2 Å². The molecule has 1 aromatic carbocycles. The number of methoxy groups -OCH3 is 1. The van der Waals surface area contributed by atoms with Gasteiger partial charge in [-0.05, 0) is 53.7 Å². The van der Waals surface area contributed by atoms with E-state index in [1.807, 2.05) is 0 Å². The highest BCUT2D eigenvalue weighted by molar-refractivity contribution is 7.56. The van der Waals surface area contributed by atoms with Gasteiger partial charge in [0, 0.05) is 5.56 Å². The Morgan fingerprint density at radius 1 is 1.04 bits per heavy atom. The van der Waals surface area contributed by atoms with Crippen molar-refractivity contribution in [3.8, 4) is 5.75 Å². The van der Waals surface area contributed by atoms with Crippen LogP contribution in [0.25, 0.3) is 6.08 Å². The van der Waals surface area contributed by atoms with Gasteiger partial charge in [-0.25, -0.2) is 4.79 Å². The molecule has 0 radical (unpaired) electrons.